The Morgan fingerprint density at radius 2 is 2.10 bits per heavy atom. The topological polar surface area (TPSA) is 70.3 Å². The monoisotopic (exact) mass is 435 g/mol. The molecule has 150 valence electrons. The van der Waals surface area contributed by atoms with Crippen LogP contribution in [0.4, 0.5) is 0 Å². The summed E-state index contributed by atoms with van der Waals surface area (Å²) in [5, 5.41) is 18.0. The zero-order valence-electron chi connectivity index (χ0n) is 16.2. The minimum atomic E-state index is 0.496. The van der Waals surface area contributed by atoms with Crippen LogP contribution in [0.15, 0.2) is 42.6 Å². The molecule has 5 nitrogen and oxygen atoms in total. The molecule has 2 aromatic carbocycles. The molecule has 1 aliphatic rings. The molecule has 0 bridgehead atoms. The van der Waals surface area contributed by atoms with E-state index in [0.717, 1.165) is 48.1 Å². The summed E-state index contributed by atoms with van der Waals surface area (Å²) in [7, 11) is 0. The van der Waals surface area contributed by atoms with Crippen molar-refractivity contribution in [3.8, 4) is 6.07 Å². The number of benzene rings is 2. The highest BCUT2D eigenvalue weighted by molar-refractivity contribution is 6.33. The predicted molar refractivity (Wildman–Crippen MR) is 118 cm³/mol. The number of aromatic nitrogens is 4. The van der Waals surface area contributed by atoms with Crippen LogP contribution in [0.5, 0.6) is 0 Å². The zero-order valence-corrected chi connectivity index (χ0v) is 17.7. The maximum absolute atomic E-state index is 9.37. The molecular formula is C23H19Cl2N5. The molecule has 1 N–H and O–H groups in total. The first-order valence-corrected chi connectivity index (χ1v) is 10.7. The number of hydrogen-bond acceptors (Lipinski definition) is 3. The van der Waals surface area contributed by atoms with E-state index in [-0.39, 0.29) is 0 Å². The van der Waals surface area contributed by atoms with E-state index in [1.165, 1.54) is 11.3 Å². The second kappa shape index (κ2) is 7.79. The molecule has 5 rings (SSSR count). The summed E-state index contributed by atoms with van der Waals surface area (Å²) in [6.07, 6.45) is 5.91. The van der Waals surface area contributed by atoms with Gasteiger partial charge in [0.2, 0.25) is 0 Å². The van der Waals surface area contributed by atoms with Gasteiger partial charge in [0.05, 0.1) is 35.4 Å². The standard InChI is InChI=1S/C23H19Cl2N5/c24-18-3-4-19(25)17(10-18)13-30-22-8-15(11-26)2-6-21(22)28-23(30)9-14-1-5-20-16(7-14)12-27-29-20/h2-4,6,8,10,12,14H,1,5,7,9,13H2,(H,27,29). The van der Waals surface area contributed by atoms with Crippen molar-refractivity contribution in [2.24, 2.45) is 5.92 Å². The van der Waals surface area contributed by atoms with Gasteiger partial charge < -0.3 is 4.57 Å². The molecule has 1 atom stereocenters. The van der Waals surface area contributed by atoms with Crippen molar-refractivity contribution < 1.29 is 0 Å². The molecule has 1 aliphatic carbocycles. The van der Waals surface area contributed by atoms with Crippen molar-refractivity contribution in [3.63, 3.8) is 0 Å². The summed E-state index contributed by atoms with van der Waals surface area (Å²) in [4.78, 5) is 4.93. The van der Waals surface area contributed by atoms with Gasteiger partial charge in [-0.05, 0) is 72.7 Å². The van der Waals surface area contributed by atoms with Crippen LogP contribution in [0.3, 0.4) is 0 Å². The van der Waals surface area contributed by atoms with Gasteiger partial charge in [-0.1, -0.05) is 23.2 Å². The molecule has 0 fully saturated rings. The van der Waals surface area contributed by atoms with E-state index < -0.39 is 0 Å². The molecule has 2 heterocycles. The number of nitrogens with one attached hydrogen (secondary N) is 1. The van der Waals surface area contributed by atoms with E-state index in [4.69, 9.17) is 28.2 Å². The maximum Gasteiger partial charge on any atom is 0.110 e. The van der Waals surface area contributed by atoms with Crippen LogP contribution < -0.4 is 0 Å². The Labute approximate surface area is 184 Å². The molecule has 0 saturated heterocycles. The summed E-state index contributed by atoms with van der Waals surface area (Å²) in [5.41, 5.74) is 5.95. The van der Waals surface area contributed by atoms with Crippen molar-refractivity contribution in [1.29, 1.82) is 5.26 Å². The van der Waals surface area contributed by atoms with Crippen LogP contribution in [0, 0.1) is 17.2 Å². The van der Waals surface area contributed by atoms with Gasteiger partial charge in [0.15, 0.2) is 0 Å². The van der Waals surface area contributed by atoms with Crippen LogP contribution in [0.2, 0.25) is 10.0 Å². The third-order valence-electron chi connectivity index (χ3n) is 5.88. The number of nitriles is 1. The Bertz CT molecular complexity index is 1280. The lowest BCUT2D eigenvalue weighted by Crippen LogP contribution is -2.18. The Balaban J connectivity index is 1.54. The maximum atomic E-state index is 9.37. The molecule has 0 aliphatic heterocycles. The first-order chi connectivity index (χ1) is 14.6. The Kier molecular flexibility index (Phi) is 4.98. The Morgan fingerprint density at radius 3 is 2.97 bits per heavy atom. The number of halogens is 2. The SMILES string of the molecule is N#Cc1ccc2nc(CC3CCc4[nH]ncc4C3)n(Cc3cc(Cl)ccc3Cl)c2c1. The van der Waals surface area contributed by atoms with E-state index >= 15 is 0 Å². The number of aryl methyl sites for hydroxylation is 1. The average molecular weight is 436 g/mol. The fourth-order valence-electron chi connectivity index (χ4n) is 4.33. The number of rotatable bonds is 4. The average Bonchev–Trinajstić information content (AvgIpc) is 3.34. The molecule has 0 amide bonds. The summed E-state index contributed by atoms with van der Waals surface area (Å²) in [6, 6.07) is 13.4. The number of nitrogens with zero attached hydrogens (tertiary/aromatic N) is 4. The molecule has 2 aromatic heterocycles. The van der Waals surface area contributed by atoms with Gasteiger partial charge in [0.1, 0.15) is 5.82 Å². The first-order valence-electron chi connectivity index (χ1n) is 9.95. The molecule has 30 heavy (non-hydrogen) atoms. The molecule has 0 saturated carbocycles. The lowest BCUT2D eigenvalue weighted by atomic mass is 9.85. The Hall–Kier alpha value is -2.81. The molecule has 0 spiro atoms. The molecule has 7 heteroatoms. The van der Waals surface area contributed by atoms with E-state index in [9.17, 15) is 5.26 Å². The highest BCUT2D eigenvalue weighted by Crippen LogP contribution is 2.30. The van der Waals surface area contributed by atoms with Crippen molar-refractivity contribution in [2.45, 2.75) is 32.2 Å². The normalized spacial score (nSPS) is 15.8. The zero-order chi connectivity index (χ0) is 20.7. The number of aromatic amines is 1. The summed E-state index contributed by atoms with van der Waals surface area (Å²) in [6.45, 7) is 0.559. The molecule has 1 unspecified atom stereocenters. The summed E-state index contributed by atoms with van der Waals surface area (Å²) in [5.74, 6) is 1.50. The van der Waals surface area contributed by atoms with E-state index in [1.807, 2.05) is 36.5 Å². The largest absolute Gasteiger partial charge is 0.323 e. The first kappa shape index (κ1) is 19.2. The van der Waals surface area contributed by atoms with Crippen LogP contribution >= 0.6 is 23.2 Å². The number of fused-ring (bicyclic) bond motifs is 2. The lowest BCUT2D eigenvalue weighted by Gasteiger charge is -2.22. The van der Waals surface area contributed by atoms with Gasteiger partial charge in [-0.2, -0.15) is 10.4 Å². The fraction of sp³-hybridized carbons (Fsp3) is 0.261. The van der Waals surface area contributed by atoms with E-state index in [1.54, 1.807) is 6.07 Å². The van der Waals surface area contributed by atoms with Crippen molar-refractivity contribution in [1.82, 2.24) is 19.7 Å². The molecule has 0 radical (unpaired) electrons. The quantitative estimate of drug-likeness (QED) is 0.470. The number of hydrogen-bond donors (Lipinski definition) is 1. The smallest absolute Gasteiger partial charge is 0.110 e. The van der Waals surface area contributed by atoms with E-state index in [0.29, 0.717) is 28.1 Å². The van der Waals surface area contributed by atoms with Gasteiger partial charge in [-0.3, -0.25) is 5.10 Å². The fourth-order valence-corrected chi connectivity index (χ4v) is 4.71. The van der Waals surface area contributed by atoms with Gasteiger partial charge in [-0.15, -0.1) is 0 Å². The second-order valence-corrected chi connectivity index (χ2v) is 8.70. The highest BCUT2D eigenvalue weighted by Gasteiger charge is 2.23. The number of H-pyrrole nitrogens is 1. The molecular weight excluding hydrogens is 417 g/mol. The summed E-state index contributed by atoms with van der Waals surface area (Å²) < 4.78 is 2.18. The van der Waals surface area contributed by atoms with Crippen LogP contribution in [-0.4, -0.2) is 19.7 Å². The van der Waals surface area contributed by atoms with Gasteiger partial charge in [-0.25, -0.2) is 4.98 Å². The summed E-state index contributed by atoms with van der Waals surface area (Å²) >= 11 is 12.7. The van der Waals surface area contributed by atoms with Crippen molar-refractivity contribution in [2.75, 3.05) is 0 Å². The van der Waals surface area contributed by atoms with Gasteiger partial charge in [0, 0.05) is 22.2 Å². The van der Waals surface area contributed by atoms with Gasteiger partial charge >= 0.3 is 0 Å². The van der Waals surface area contributed by atoms with Crippen LogP contribution in [0.25, 0.3) is 11.0 Å². The minimum absolute atomic E-state index is 0.496. The Morgan fingerprint density at radius 1 is 1.20 bits per heavy atom. The lowest BCUT2D eigenvalue weighted by molar-refractivity contribution is 0.438. The second-order valence-electron chi connectivity index (χ2n) is 7.85. The van der Waals surface area contributed by atoms with Crippen LogP contribution in [-0.2, 0) is 25.8 Å². The van der Waals surface area contributed by atoms with E-state index in [2.05, 4.69) is 20.8 Å². The van der Waals surface area contributed by atoms with Crippen molar-refractivity contribution in [3.05, 3.63) is 80.8 Å². The predicted octanol–water partition coefficient (Wildman–Crippen LogP) is 5.33. The minimum Gasteiger partial charge on any atom is -0.323 e. The molecule has 4 aromatic rings. The van der Waals surface area contributed by atoms with Gasteiger partial charge in [0.25, 0.3) is 0 Å². The van der Waals surface area contributed by atoms with Crippen LogP contribution in [0.1, 0.15) is 34.6 Å². The number of imidazole rings is 1. The third-order valence-corrected chi connectivity index (χ3v) is 6.49. The van der Waals surface area contributed by atoms with Crippen molar-refractivity contribution >= 4 is 34.2 Å². The highest BCUT2D eigenvalue weighted by atomic mass is 35.5. The third kappa shape index (κ3) is 3.58.